The van der Waals surface area contributed by atoms with Crippen molar-refractivity contribution in [3.8, 4) is 12.3 Å². The second kappa shape index (κ2) is 8.43. The number of carbonyl (C=O) groups is 1. The summed E-state index contributed by atoms with van der Waals surface area (Å²) in [5, 5.41) is 38.5. The number of benzene rings is 1. The molecule has 1 heterocycles. The molecule has 7 heteroatoms. The van der Waals surface area contributed by atoms with Gasteiger partial charge in [0.1, 0.15) is 6.10 Å². The number of carboxylic acid groups (broad SMARTS) is 1. The number of hydrogen-bond acceptors (Lipinski definition) is 6. The van der Waals surface area contributed by atoms with Gasteiger partial charge in [-0.15, -0.1) is 6.42 Å². The third-order valence-electron chi connectivity index (χ3n) is 4.27. The lowest BCUT2D eigenvalue weighted by molar-refractivity contribution is -0.236. The van der Waals surface area contributed by atoms with Crippen molar-refractivity contribution in [3.63, 3.8) is 0 Å². The fourth-order valence-electron chi connectivity index (χ4n) is 2.74. The van der Waals surface area contributed by atoms with E-state index in [1.165, 1.54) is 0 Å². The first-order valence-electron chi connectivity index (χ1n) is 7.93. The van der Waals surface area contributed by atoms with Crippen LogP contribution < -0.4 is 0 Å². The Balaban J connectivity index is 1.87. The van der Waals surface area contributed by atoms with Crippen molar-refractivity contribution in [2.75, 3.05) is 13.2 Å². The lowest BCUT2D eigenvalue weighted by Crippen LogP contribution is -2.60. The highest BCUT2D eigenvalue weighted by Crippen LogP contribution is 2.31. The summed E-state index contributed by atoms with van der Waals surface area (Å²) < 4.78 is 10.9. The largest absolute Gasteiger partial charge is 0.479 e. The van der Waals surface area contributed by atoms with Crippen LogP contribution in [0.4, 0.5) is 0 Å². The molecule has 7 nitrogen and oxygen atoms in total. The normalized spacial score (nSPS) is 29.1. The Morgan fingerprint density at radius 3 is 2.60 bits per heavy atom. The van der Waals surface area contributed by atoms with Gasteiger partial charge in [0, 0.05) is 18.6 Å². The first-order chi connectivity index (χ1) is 11.9. The minimum absolute atomic E-state index is 0.176. The molecule has 0 aliphatic carbocycles. The van der Waals surface area contributed by atoms with E-state index in [1.807, 2.05) is 12.1 Å². The Labute approximate surface area is 145 Å². The fourth-order valence-corrected chi connectivity index (χ4v) is 2.74. The molecule has 136 valence electrons. The van der Waals surface area contributed by atoms with Crippen LogP contribution in [0.5, 0.6) is 0 Å². The van der Waals surface area contributed by atoms with Gasteiger partial charge in [0.05, 0.1) is 25.4 Å². The number of carboxylic acids is 1. The van der Waals surface area contributed by atoms with E-state index in [2.05, 4.69) is 5.92 Å². The third kappa shape index (κ3) is 4.57. The van der Waals surface area contributed by atoms with Crippen molar-refractivity contribution >= 4 is 5.97 Å². The van der Waals surface area contributed by atoms with E-state index in [1.54, 1.807) is 12.1 Å². The van der Waals surface area contributed by atoms with Crippen LogP contribution >= 0.6 is 0 Å². The lowest BCUT2D eigenvalue weighted by Gasteiger charge is -2.42. The van der Waals surface area contributed by atoms with E-state index in [0.29, 0.717) is 6.61 Å². The highest BCUT2D eigenvalue weighted by Gasteiger charge is 2.50. The number of hydrogen-bond donors (Lipinski definition) is 4. The van der Waals surface area contributed by atoms with Gasteiger partial charge in [0.2, 0.25) is 0 Å². The van der Waals surface area contributed by atoms with Crippen molar-refractivity contribution in [2.45, 2.75) is 43.4 Å². The Morgan fingerprint density at radius 1 is 1.36 bits per heavy atom. The van der Waals surface area contributed by atoms with Crippen LogP contribution in [0.15, 0.2) is 24.3 Å². The predicted octanol–water partition coefficient (Wildman–Crippen LogP) is -0.0990. The summed E-state index contributed by atoms with van der Waals surface area (Å²) in [5.74, 6) is 1.14. The first kappa shape index (κ1) is 19.4. The maximum absolute atomic E-state index is 11.3. The molecule has 1 fully saturated rings. The number of rotatable bonds is 7. The Hall–Kier alpha value is -1.95. The van der Waals surface area contributed by atoms with E-state index in [4.69, 9.17) is 15.9 Å². The summed E-state index contributed by atoms with van der Waals surface area (Å²) >= 11 is 0. The smallest absolute Gasteiger partial charge is 0.338 e. The molecule has 1 aliphatic rings. The van der Waals surface area contributed by atoms with Crippen LogP contribution in [-0.2, 0) is 20.9 Å². The van der Waals surface area contributed by atoms with E-state index in [-0.39, 0.29) is 19.4 Å². The van der Waals surface area contributed by atoms with E-state index < -0.39 is 36.5 Å². The summed E-state index contributed by atoms with van der Waals surface area (Å²) in [6.07, 6.45) is 1.60. The van der Waals surface area contributed by atoms with Crippen molar-refractivity contribution in [2.24, 2.45) is 0 Å². The second-order valence-electron chi connectivity index (χ2n) is 6.06. The van der Waals surface area contributed by atoms with Crippen LogP contribution in [0.1, 0.15) is 24.0 Å². The maximum atomic E-state index is 11.3. The average molecular weight is 350 g/mol. The molecule has 0 saturated carbocycles. The van der Waals surface area contributed by atoms with Crippen molar-refractivity contribution < 1.29 is 34.7 Å². The van der Waals surface area contributed by atoms with Crippen molar-refractivity contribution in [3.05, 3.63) is 35.4 Å². The molecular formula is C18H22O7. The Kier molecular flexibility index (Phi) is 6.53. The molecule has 4 N–H and O–H groups in total. The molecular weight excluding hydrogens is 328 g/mol. The SMILES string of the molecule is C#Cc1ccc(COCCC2O[C@@](CO)(C(=O)O)C[C@H](O)C2O)cc1. The standard InChI is InChI=1S/C18H22O7/c1-2-12-3-5-13(6-4-12)10-24-8-7-15-16(21)14(20)9-18(11-19,25-15)17(22)23/h1,3-6,14-16,19-21H,7-11H2,(H,22,23)/t14-,15?,16?,18-/m0/s1. The number of ether oxygens (including phenoxy) is 2. The van der Waals surface area contributed by atoms with Crippen molar-refractivity contribution in [1.82, 2.24) is 0 Å². The topological polar surface area (TPSA) is 116 Å². The first-order valence-corrected chi connectivity index (χ1v) is 7.93. The van der Waals surface area contributed by atoms with Gasteiger partial charge in [0.15, 0.2) is 5.60 Å². The average Bonchev–Trinajstić information content (AvgIpc) is 2.62. The summed E-state index contributed by atoms with van der Waals surface area (Å²) in [5.41, 5.74) is -0.223. The molecule has 1 saturated heterocycles. The monoisotopic (exact) mass is 350 g/mol. The molecule has 1 aromatic rings. The lowest BCUT2D eigenvalue weighted by atomic mass is 9.87. The van der Waals surface area contributed by atoms with Crippen LogP contribution in [-0.4, -0.2) is 63.5 Å². The van der Waals surface area contributed by atoms with Gasteiger partial charge in [-0.2, -0.15) is 0 Å². The van der Waals surface area contributed by atoms with Gasteiger partial charge in [-0.3, -0.25) is 0 Å². The van der Waals surface area contributed by atoms with E-state index in [9.17, 15) is 25.2 Å². The zero-order valence-corrected chi connectivity index (χ0v) is 13.7. The Morgan fingerprint density at radius 2 is 2.04 bits per heavy atom. The second-order valence-corrected chi connectivity index (χ2v) is 6.06. The molecule has 0 bridgehead atoms. The minimum Gasteiger partial charge on any atom is -0.479 e. The number of aliphatic hydroxyl groups excluding tert-OH is 3. The molecule has 0 aromatic heterocycles. The van der Waals surface area contributed by atoms with Crippen LogP contribution in [0.2, 0.25) is 0 Å². The van der Waals surface area contributed by atoms with E-state index in [0.717, 1.165) is 11.1 Å². The molecule has 0 radical (unpaired) electrons. The van der Waals surface area contributed by atoms with Crippen LogP contribution in [0.25, 0.3) is 0 Å². The summed E-state index contributed by atoms with van der Waals surface area (Å²) in [7, 11) is 0. The zero-order chi connectivity index (χ0) is 18.4. The number of aliphatic carboxylic acids is 1. The minimum atomic E-state index is -1.91. The molecule has 0 amide bonds. The Bertz CT molecular complexity index is 621. The fraction of sp³-hybridized carbons (Fsp3) is 0.500. The van der Waals surface area contributed by atoms with Gasteiger partial charge < -0.3 is 29.9 Å². The number of terminal acetylenes is 1. The van der Waals surface area contributed by atoms with E-state index >= 15 is 0 Å². The highest BCUT2D eigenvalue weighted by atomic mass is 16.6. The van der Waals surface area contributed by atoms with Crippen molar-refractivity contribution in [1.29, 1.82) is 0 Å². The quantitative estimate of drug-likeness (QED) is 0.401. The van der Waals surface area contributed by atoms with Gasteiger partial charge in [-0.25, -0.2) is 4.79 Å². The molecule has 25 heavy (non-hydrogen) atoms. The van der Waals surface area contributed by atoms with Gasteiger partial charge in [-0.1, -0.05) is 18.1 Å². The number of aliphatic hydroxyl groups is 3. The highest BCUT2D eigenvalue weighted by molar-refractivity contribution is 5.78. The van der Waals surface area contributed by atoms with Gasteiger partial charge >= 0.3 is 5.97 Å². The van der Waals surface area contributed by atoms with Crippen LogP contribution in [0.3, 0.4) is 0 Å². The summed E-state index contributed by atoms with van der Waals surface area (Å²) in [6, 6.07) is 7.27. The molecule has 0 spiro atoms. The zero-order valence-electron chi connectivity index (χ0n) is 13.7. The third-order valence-corrected chi connectivity index (χ3v) is 4.27. The summed E-state index contributed by atoms with van der Waals surface area (Å²) in [6.45, 7) is -0.280. The molecule has 2 unspecified atom stereocenters. The van der Waals surface area contributed by atoms with Gasteiger partial charge in [0.25, 0.3) is 0 Å². The molecule has 2 rings (SSSR count). The summed E-state index contributed by atoms with van der Waals surface area (Å²) in [4.78, 5) is 11.3. The molecule has 4 atom stereocenters. The van der Waals surface area contributed by atoms with Gasteiger partial charge in [-0.05, 0) is 24.1 Å². The van der Waals surface area contributed by atoms with Crippen LogP contribution in [0, 0.1) is 12.3 Å². The maximum Gasteiger partial charge on any atom is 0.338 e. The predicted molar refractivity (Wildman–Crippen MR) is 87.6 cm³/mol. The molecule has 1 aliphatic heterocycles. The molecule has 1 aromatic carbocycles.